The largest absolute Gasteiger partial charge is 0.439 e. The van der Waals surface area contributed by atoms with Crippen LogP contribution < -0.4 is 14.6 Å². The molecule has 1 unspecified atom stereocenters. The normalized spacial score (nSPS) is 15.8. The zero-order chi connectivity index (χ0) is 25.9. The quantitative estimate of drug-likeness (QED) is 0.262. The fourth-order valence-corrected chi connectivity index (χ4v) is 4.83. The first-order chi connectivity index (χ1) is 17.0. The van der Waals surface area contributed by atoms with Crippen molar-refractivity contribution < 1.29 is 39.7 Å². The fraction of sp³-hybridized carbons (Fsp3) is 0.292. The van der Waals surface area contributed by atoms with E-state index in [0.717, 1.165) is 11.3 Å². The summed E-state index contributed by atoms with van der Waals surface area (Å²) in [5.41, 5.74) is 2.86. The summed E-state index contributed by atoms with van der Waals surface area (Å²) in [6.07, 6.45) is 5.83. The Balaban J connectivity index is 1.64. The molecule has 1 aliphatic heterocycles. The van der Waals surface area contributed by atoms with Gasteiger partial charge in [0.05, 0.1) is 22.8 Å². The fourth-order valence-electron chi connectivity index (χ4n) is 3.92. The molecule has 0 saturated carbocycles. The van der Waals surface area contributed by atoms with Crippen LogP contribution in [0.15, 0.2) is 64.9 Å². The van der Waals surface area contributed by atoms with Gasteiger partial charge in [-0.1, -0.05) is 24.3 Å². The molecular formula is C24H27N2O8S2+. The average Bonchev–Trinajstić information content (AvgIpc) is 3.37. The number of rotatable bonds is 10. The molecule has 0 fully saturated rings. The van der Waals surface area contributed by atoms with Crippen molar-refractivity contribution in [1.82, 2.24) is 0 Å². The second-order valence-corrected chi connectivity index (χ2v) is 11.9. The molecule has 2 aromatic carbocycles. The van der Waals surface area contributed by atoms with Gasteiger partial charge in [-0.3, -0.25) is 9.11 Å². The van der Waals surface area contributed by atoms with Gasteiger partial charge in [-0.15, -0.1) is 0 Å². The monoisotopic (exact) mass is 535 g/mol. The van der Waals surface area contributed by atoms with Gasteiger partial charge in [0.25, 0.3) is 25.8 Å². The molecule has 0 bridgehead atoms. The number of fused-ring (bicyclic) bond motifs is 2. The van der Waals surface area contributed by atoms with Crippen LogP contribution in [0, 0.1) is 0 Å². The standard InChI is InChI=1S/C24H26N2O8S2/c1-17(36(30,31)32)13-14-18-7-4-10-21-24(18)26(15-6-16-35(27,28)29)23(34-21)12-5-11-22-25-19-8-2-3-9-20(19)33-22/h2-5,7-12,17H,6,13-16H2,1H3,(H2,27,28,29,30,31,32)/p+1. The van der Waals surface area contributed by atoms with E-state index in [-0.39, 0.29) is 19.4 Å². The number of nitrogens with one attached hydrogen (secondary N) is 1. The van der Waals surface area contributed by atoms with E-state index in [4.69, 9.17) is 13.7 Å². The van der Waals surface area contributed by atoms with Crippen molar-refractivity contribution in [3.63, 3.8) is 0 Å². The minimum atomic E-state index is -4.16. The summed E-state index contributed by atoms with van der Waals surface area (Å²) in [5.74, 6) is 1.26. The molecule has 36 heavy (non-hydrogen) atoms. The second kappa shape index (κ2) is 10.4. The summed E-state index contributed by atoms with van der Waals surface area (Å²) < 4.78 is 77.4. The molecule has 0 amide bonds. The molecule has 1 aliphatic rings. The molecular weight excluding hydrogens is 508 g/mol. The Morgan fingerprint density at radius 1 is 1.08 bits per heavy atom. The smallest absolute Gasteiger partial charge is 0.374 e. The summed E-state index contributed by atoms with van der Waals surface area (Å²) in [6, 6.07) is 12.9. The van der Waals surface area contributed by atoms with Crippen LogP contribution in [0.5, 0.6) is 5.75 Å². The summed E-state index contributed by atoms with van der Waals surface area (Å²) in [5, 5.41) is 2.20. The number of para-hydroxylation sites is 3. The van der Waals surface area contributed by atoms with Crippen LogP contribution in [-0.4, -0.2) is 36.9 Å². The minimum Gasteiger partial charge on any atom is -0.439 e. The maximum atomic E-state index is 11.4. The summed E-state index contributed by atoms with van der Waals surface area (Å²) in [6.45, 7) is 1.66. The van der Waals surface area contributed by atoms with Gasteiger partial charge in [0, 0.05) is 12.0 Å². The summed E-state index contributed by atoms with van der Waals surface area (Å²) in [4.78, 5) is 0. The van der Waals surface area contributed by atoms with Gasteiger partial charge in [0.1, 0.15) is 0 Å². The highest BCUT2D eigenvalue weighted by molar-refractivity contribution is 7.86. The average molecular weight is 536 g/mol. The van der Waals surface area contributed by atoms with E-state index in [2.05, 4.69) is 5.32 Å². The molecule has 10 nitrogen and oxygen atoms in total. The maximum absolute atomic E-state index is 11.4. The van der Waals surface area contributed by atoms with Crippen molar-refractivity contribution in [1.29, 1.82) is 0 Å². The number of aryl methyl sites for hydroxylation is 2. The molecule has 0 aliphatic carbocycles. The number of benzene rings is 2. The van der Waals surface area contributed by atoms with Crippen LogP contribution in [0.1, 0.15) is 31.2 Å². The van der Waals surface area contributed by atoms with E-state index in [9.17, 15) is 21.4 Å². The topological polar surface area (TPSA) is 147 Å². The van der Waals surface area contributed by atoms with E-state index in [1.54, 1.807) is 34.9 Å². The van der Waals surface area contributed by atoms with Crippen molar-refractivity contribution in [2.75, 3.05) is 11.1 Å². The van der Waals surface area contributed by atoms with Gasteiger partial charge < -0.3 is 14.5 Å². The molecule has 4 rings (SSSR count). The zero-order valence-electron chi connectivity index (χ0n) is 19.5. The number of aromatic nitrogens is 1. The lowest BCUT2D eigenvalue weighted by Gasteiger charge is -2.07. The third-order valence-electron chi connectivity index (χ3n) is 5.80. The van der Waals surface area contributed by atoms with Crippen molar-refractivity contribution >= 4 is 43.1 Å². The minimum absolute atomic E-state index is 0.135. The van der Waals surface area contributed by atoms with Gasteiger partial charge in [0.15, 0.2) is 18.2 Å². The van der Waals surface area contributed by atoms with Crippen molar-refractivity contribution in [3.8, 4) is 5.75 Å². The predicted molar refractivity (Wildman–Crippen MR) is 135 cm³/mol. The molecule has 3 N–H and O–H groups in total. The Labute approximate surface area is 209 Å². The van der Waals surface area contributed by atoms with Gasteiger partial charge in [-0.2, -0.15) is 21.4 Å². The Morgan fingerprint density at radius 3 is 2.58 bits per heavy atom. The molecule has 0 radical (unpaired) electrons. The molecule has 192 valence electrons. The van der Waals surface area contributed by atoms with Crippen molar-refractivity contribution in [2.24, 2.45) is 0 Å². The van der Waals surface area contributed by atoms with E-state index < -0.39 is 31.2 Å². The number of hydrogen-bond donors (Lipinski definition) is 3. The van der Waals surface area contributed by atoms with E-state index >= 15 is 0 Å². The molecule has 0 saturated heterocycles. The van der Waals surface area contributed by atoms with E-state index in [1.165, 1.54) is 6.92 Å². The molecule has 12 heteroatoms. The van der Waals surface area contributed by atoms with Crippen LogP contribution >= 0.6 is 0 Å². The van der Waals surface area contributed by atoms with Gasteiger partial charge in [0.2, 0.25) is 5.58 Å². The van der Waals surface area contributed by atoms with Gasteiger partial charge in [-0.05, 0) is 50.1 Å². The van der Waals surface area contributed by atoms with Crippen LogP contribution in [-0.2, 0) is 33.2 Å². The lowest BCUT2D eigenvalue weighted by molar-refractivity contribution is -0.678. The lowest BCUT2D eigenvalue weighted by Crippen LogP contribution is -2.37. The first-order valence-corrected chi connectivity index (χ1v) is 14.4. The van der Waals surface area contributed by atoms with Gasteiger partial charge >= 0.3 is 5.89 Å². The van der Waals surface area contributed by atoms with Gasteiger partial charge in [-0.25, -0.2) is 0 Å². The number of hydrogen-bond acceptors (Lipinski definition) is 7. The van der Waals surface area contributed by atoms with Crippen LogP contribution in [0.4, 0.5) is 5.69 Å². The third-order valence-corrected chi connectivity index (χ3v) is 7.85. The number of ether oxygens (including phenoxy) is 1. The molecule has 1 aromatic heterocycles. The lowest BCUT2D eigenvalue weighted by atomic mass is 10.1. The van der Waals surface area contributed by atoms with Crippen LogP contribution in [0.3, 0.4) is 0 Å². The number of anilines is 1. The van der Waals surface area contributed by atoms with E-state index in [1.807, 2.05) is 30.3 Å². The number of nitrogens with zero attached hydrogens (tertiary/aromatic N) is 1. The summed E-state index contributed by atoms with van der Waals surface area (Å²) in [7, 11) is -8.30. The zero-order valence-corrected chi connectivity index (χ0v) is 21.1. The van der Waals surface area contributed by atoms with Crippen LogP contribution in [0.25, 0.3) is 17.2 Å². The van der Waals surface area contributed by atoms with Crippen LogP contribution in [0.2, 0.25) is 0 Å². The first-order valence-electron chi connectivity index (χ1n) is 11.3. The third kappa shape index (κ3) is 6.32. The molecule has 2 heterocycles. The number of oxazole rings is 1. The highest BCUT2D eigenvalue weighted by Crippen LogP contribution is 2.32. The Kier molecular flexibility index (Phi) is 7.50. The SMILES string of the molecule is CC(CCc1cccc2oc(C=CC=C3Nc4ccccc4O3)[n+](CCCS(=O)(=O)O)c12)S(=O)(=O)O. The maximum Gasteiger partial charge on any atom is 0.374 e. The Morgan fingerprint density at radius 2 is 1.86 bits per heavy atom. The highest BCUT2D eigenvalue weighted by Gasteiger charge is 2.26. The van der Waals surface area contributed by atoms with Crippen molar-refractivity contribution in [3.05, 3.63) is 72.0 Å². The Hall–Kier alpha value is -3.19. The molecule has 0 spiro atoms. The highest BCUT2D eigenvalue weighted by atomic mass is 32.2. The second-order valence-electron chi connectivity index (χ2n) is 8.47. The molecule has 1 atom stereocenters. The van der Waals surface area contributed by atoms with E-state index in [0.29, 0.717) is 35.0 Å². The van der Waals surface area contributed by atoms with Crippen molar-refractivity contribution in [2.45, 2.75) is 38.0 Å². The first kappa shape index (κ1) is 25.9. The summed E-state index contributed by atoms with van der Waals surface area (Å²) >= 11 is 0. The Bertz CT molecular complexity index is 1510. The molecule has 3 aromatic rings. The predicted octanol–water partition coefficient (Wildman–Crippen LogP) is 3.57. The number of allylic oxidation sites excluding steroid dienone is 2.